The molecule has 3 heteroatoms. The lowest BCUT2D eigenvalue weighted by molar-refractivity contribution is -0.132. The monoisotopic (exact) mass is 222 g/mol. The van der Waals surface area contributed by atoms with Gasteiger partial charge < -0.3 is 10.2 Å². The van der Waals surface area contributed by atoms with Crippen LogP contribution in [0.1, 0.15) is 39.0 Å². The SMILES string of the molecule is CCNC1CCN(C2CC3CCC2C3)C1=O. The molecule has 3 aliphatic rings. The summed E-state index contributed by atoms with van der Waals surface area (Å²) in [6, 6.07) is 0.707. The molecule has 1 saturated heterocycles. The number of likely N-dealkylation sites (N-methyl/N-ethyl adjacent to an activating group) is 1. The van der Waals surface area contributed by atoms with Crippen LogP contribution < -0.4 is 5.32 Å². The molecule has 3 nitrogen and oxygen atoms in total. The molecule has 2 bridgehead atoms. The molecule has 1 aliphatic heterocycles. The van der Waals surface area contributed by atoms with Crippen LogP contribution >= 0.6 is 0 Å². The maximum Gasteiger partial charge on any atom is 0.240 e. The predicted molar refractivity (Wildman–Crippen MR) is 63.0 cm³/mol. The van der Waals surface area contributed by atoms with Gasteiger partial charge in [-0.15, -0.1) is 0 Å². The van der Waals surface area contributed by atoms with Crippen LogP contribution in [0.2, 0.25) is 0 Å². The number of rotatable bonds is 3. The third-order valence-corrected chi connectivity index (χ3v) is 4.79. The summed E-state index contributed by atoms with van der Waals surface area (Å²) < 4.78 is 0. The summed E-state index contributed by atoms with van der Waals surface area (Å²) in [6.45, 7) is 3.97. The van der Waals surface area contributed by atoms with Crippen LogP contribution in [0.3, 0.4) is 0 Å². The van der Waals surface area contributed by atoms with Gasteiger partial charge in [0, 0.05) is 12.6 Å². The number of likely N-dealkylation sites (tertiary alicyclic amines) is 1. The smallest absolute Gasteiger partial charge is 0.240 e. The number of carbonyl (C=O) groups is 1. The summed E-state index contributed by atoms with van der Waals surface area (Å²) >= 11 is 0. The Hall–Kier alpha value is -0.570. The molecule has 3 fully saturated rings. The van der Waals surface area contributed by atoms with E-state index in [2.05, 4.69) is 17.1 Å². The van der Waals surface area contributed by atoms with E-state index in [0.29, 0.717) is 11.9 Å². The van der Waals surface area contributed by atoms with Gasteiger partial charge in [-0.2, -0.15) is 0 Å². The lowest BCUT2D eigenvalue weighted by atomic mass is 9.94. The Morgan fingerprint density at radius 1 is 1.31 bits per heavy atom. The van der Waals surface area contributed by atoms with Crippen LogP contribution in [0.4, 0.5) is 0 Å². The molecule has 1 N–H and O–H groups in total. The maximum atomic E-state index is 12.2. The molecule has 3 rings (SSSR count). The van der Waals surface area contributed by atoms with E-state index in [1.165, 1.54) is 25.7 Å². The van der Waals surface area contributed by atoms with Crippen LogP contribution in [0.5, 0.6) is 0 Å². The third-order valence-electron chi connectivity index (χ3n) is 4.79. The van der Waals surface area contributed by atoms with Crippen molar-refractivity contribution in [1.82, 2.24) is 10.2 Å². The van der Waals surface area contributed by atoms with E-state index in [1.54, 1.807) is 0 Å². The highest BCUT2D eigenvalue weighted by atomic mass is 16.2. The first-order chi connectivity index (χ1) is 7.79. The van der Waals surface area contributed by atoms with Crippen molar-refractivity contribution in [3.8, 4) is 0 Å². The zero-order valence-electron chi connectivity index (χ0n) is 10.1. The summed E-state index contributed by atoms with van der Waals surface area (Å²) in [6.07, 6.45) is 6.47. The highest BCUT2D eigenvalue weighted by Gasteiger charge is 2.46. The zero-order valence-corrected chi connectivity index (χ0v) is 10.1. The first kappa shape index (κ1) is 10.6. The number of nitrogens with one attached hydrogen (secondary N) is 1. The van der Waals surface area contributed by atoms with Gasteiger partial charge in [-0.1, -0.05) is 13.3 Å². The molecule has 2 aliphatic carbocycles. The molecule has 4 atom stereocenters. The predicted octanol–water partition coefficient (Wildman–Crippen LogP) is 1.39. The van der Waals surface area contributed by atoms with Crippen molar-refractivity contribution < 1.29 is 4.79 Å². The third kappa shape index (κ3) is 1.56. The Kier molecular flexibility index (Phi) is 2.66. The first-order valence-corrected chi connectivity index (χ1v) is 6.83. The van der Waals surface area contributed by atoms with Gasteiger partial charge in [-0.25, -0.2) is 0 Å². The van der Waals surface area contributed by atoms with Crippen LogP contribution in [0, 0.1) is 11.8 Å². The van der Waals surface area contributed by atoms with E-state index >= 15 is 0 Å². The topological polar surface area (TPSA) is 32.3 Å². The first-order valence-electron chi connectivity index (χ1n) is 6.83. The molecule has 4 unspecified atom stereocenters. The zero-order chi connectivity index (χ0) is 11.1. The Labute approximate surface area is 97.6 Å². The van der Waals surface area contributed by atoms with E-state index < -0.39 is 0 Å². The van der Waals surface area contributed by atoms with E-state index in [1.807, 2.05) is 0 Å². The lowest BCUT2D eigenvalue weighted by Crippen LogP contribution is -2.44. The number of hydrogen-bond donors (Lipinski definition) is 1. The average molecular weight is 222 g/mol. The molecular formula is C13H22N2O. The Morgan fingerprint density at radius 3 is 2.81 bits per heavy atom. The minimum Gasteiger partial charge on any atom is -0.338 e. The summed E-state index contributed by atoms with van der Waals surface area (Å²) in [7, 11) is 0. The van der Waals surface area contributed by atoms with Gasteiger partial charge in [0.2, 0.25) is 5.91 Å². The van der Waals surface area contributed by atoms with Gasteiger partial charge >= 0.3 is 0 Å². The largest absolute Gasteiger partial charge is 0.338 e. The molecular weight excluding hydrogens is 200 g/mol. The Bertz CT molecular complexity index is 292. The van der Waals surface area contributed by atoms with E-state index in [9.17, 15) is 4.79 Å². The van der Waals surface area contributed by atoms with E-state index in [-0.39, 0.29) is 6.04 Å². The standard InChI is InChI=1S/C13H22N2O/c1-2-14-11-5-6-15(13(11)16)12-8-9-3-4-10(12)7-9/h9-12,14H,2-8H2,1H3. The molecule has 90 valence electrons. The lowest BCUT2D eigenvalue weighted by Gasteiger charge is -2.31. The second kappa shape index (κ2) is 4.02. The van der Waals surface area contributed by atoms with Crippen molar-refractivity contribution in [2.24, 2.45) is 11.8 Å². The van der Waals surface area contributed by atoms with Crippen LogP contribution in [0.15, 0.2) is 0 Å². The van der Waals surface area contributed by atoms with Gasteiger partial charge in [-0.05, 0) is 44.1 Å². The number of carbonyl (C=O) groups excluding carboxylic acids is 1. The number of fused-ring (bicyclic) bond motifs is 2. The van der Waals surface area contributed by atoms with Crippen molar-refractivity contribution in [1.29, 1.82) is 0 Å². The molecule has 0 radical (unpaired) electrons. The van der Waals surface area contributed by atoms with E-state index in [4.69, 9.17) is 0 Å². The van der Waals surface area contributed by atoms with Gasteiger partial charge in [0.1, 0.15) is 0 Å². The van der Waals surface area contributed by atoms with Gasteiger partial charge in [0.15, 0.2) is 0 Å². The number of hydrogen-bond acceptors (Lipinski definition) is 2. The summed E-state index contributed by atoms with van der Waals surface area (Å²) in [5.41, 5.74) is 0. The quantitative estimate of drug-likeness (QED) is 0.782. The Morgan fingerprint density at radius 2 is 2.19 bits per heavy atom. The molecule has 0 aromatic heterocycles. The molecule has 0 aromatic rings. The summed E-state index contributed by atoms with van der Waals surface area (Å²) in [4.78, 5) is 14.4. The van der Waals surface area contributed by atoms with Crippen LogP contribution in [-0.2, 0) is 4.79 Å². The maximum absolute atomic E-state index is 12.2. The second-order valence-electron chi connectivity index (χ2n) is 5.67. The average Bonchev–Trinajstić information content (AvgIpc) is 2.95. The molecule has 0 spiro atoms. The van der Waals surface area contributed by atoms with E-state index in [0.717, 1.165) is 31.3 Å². The fourth-order valence-electron chi connectivity index (χ4n) is 4.06. The molecule has 16 heavy (non-hydrogen) atoms. The molecule has 2 saturated carbocycles. The fourth-order valence-corrected chi connectivity index (χ4v) is 4.06. The Balaban J connectivity index is 1.66. The fraction of sp³-hybridized carbons (Fsp3) is 0.923. The molecule has 1 amide bonds. The van der Waals surface area contributed by atoms with Crippen molar-refractivity contribution in [2.75, 3.05) is 13.1 Å². The summed E-state index contributed by atoms with van der Waals surface area (Å²) in [5, 5.41) is 3.30. The number of nitrogens with zero attached hydrogens (tertiary/aromatic N) is 1. The van der Waals surface area contributed by atoms with Crippen LogP contribution in [-0.4, -0.2) is 36.0 Å². The molecule has 1 heterocycles. The minimum atomic E-state index is 0.115. The minimum absolute atomic E-state index is 0.115. The molecule has 0 aromatic carbocycles. The van der Waals surface area contributed by atoms with Crippen molar-refractivity contribution in [2.45, 2.75) is 51.1 Å². The highest BCUT2D eigenvalue weighted by molar-refractivity contribution is 5.84. The van der Waals surface area contributed by atoms with Gasteiger partial charge in [0.05, 0.1) is 6.04 Å². The highest BCUT2D eigenvalue weighted by Crippen LogP contribution is 2.47. The summed E-state index contributed by atoms with van der Waals surface area (Å²) in [5.74, 6) is 2.13. The van der Waals surface area contributed by atoms with Crippen molar-refractivity contribution >= 4 is 5.91 Å². The van der Waals surface area contributed by atoms with Crippen LogP contribution in [0.25, 0.3) is 0 Å². The van der Waals surface area contributed by atoms with Crippen molar-refractivity contribution in [3.05, 3.63) is 0 Å². The van der Waals surface area contributed by atoms with Gasteiger partial charge in [-0.3, -0.25) is 4.79 Å². The second-order valence-corrected chi connectivity index (χ2v) is 5.67. The number of amides is 1. The van der Waals surface area contributed by atoms with Gasteiger partial charge in [0.25, 0.3) is 0 Å². The normalized spacial score (nSPS) is 42.3. The van der Waals surface area contributed by atoms with Crippen molar-refractivity contribution in [3.63, 3.8) is 0 Å².